The third kappa shape index (κ3) is 3.30. The van der Waals surface area contributed by atoms with Gasteiger partial charge in [-0.05, 0) is 42.7 Å². The van der Waals surface area contributed by atoms with Crippen LogP contribution in [0.3, 0.4) is 0 Å². The first-order valence-electron chi connectivity index (χ1n) is 9.30. The molecule has 1 unspecified atom stereocenters. The number of anilines is 1. The van der Waals surface area contributed by atoms with Gasteiger partial charge in [-0.1, -0.05) is 24.3 Å². The summed E-state index contributed by atoms with van der Waals surface area (Å²) in [7, 11) is 0. The van der Waals surface area contributed by atoms with Crippen LogP contribution in [0.5, 0.6) is 0 Å². The van der Waals surface area contributed by atoms with Crippen LogP contribution in [0.4, 0.5) is 5.69 Å². The summed E-state index contributed by atoms with van der Waals surface area (Å²) in [5.74, 6) is -2.16. The Labute approximate surface area is 170 Å². The topological polar surface area (TPSA) is 134 Å². The lowest BCUT2D eigenvalue weighted by Gasteiger charge is -2.25. The second kappa shape index (κ2) is 7.43. The van der Waals surface area contributed by atoms with Gasteiger partial charge < -0.3 is 10.2 Å². The van der Waals surface area contributed by atoms with Crippen molar-refractivity contribution in [2.45, 2.75) is 25.8 Å². The highest BCUT2D eigenvalue weighted by atomic mass is 16.4. The van der Waals surface area contributed by atoms with E-state index in [0.717, 1.165) is 17.0 Å². The van der Waals surface area contributed by atoms with Gasteiger partial charge in [-0.25, -0.2) is 14.6 Å². The summed E-state index contributed by atoms with van der Waals surface area (Å²) in [6, 6.07) is 10.4. The molecule has 1 aliphatic rings. The molecule has 3 N–H and O–H groups in total. The van der Waals surface area contributed by atoms with Gasteiger partial charge in [0.15, 0.2) is 5.82 Å². The molecule has 9 nitrogen and oxygen atoms in total. The van der Waals surface area contributed by atoms with Crippen LogP contribution in [0, 0.1) is 0 Å². The smallest absolute Gasteiger partial charge is 0.342 e. The molecule has 0 saturated heterocycles. The van der Waals surface area contributed by atoms with E-state index in [1.807, 2.05) is 31.2 Å². The third-order valence-corrected chi connectivity index (χ3v) is 5.15. The summed E-state index contributed by atoms with van der Waals surface area (Å²) >= 11 is 0. The summed E-state index contributed by atoms with van der Waals surface area (Å²) in [6.07, 6.45) is 2.10. The Morgan fingerprint density at radius 1 is 1.13 bits per heavy atom. The van der Waals surface area contributed by atoms with Crippen LogP contribution < -0.4 is 11.0 Å². The molecule has 0 fully saturated rings. The molecule has 9 heteroatoms. The van der Waals surface area contributed by atoms with Crippen molar-refractivity contribution in [1.82, 2.24) is 9.55 Å². The van der Waals surface area contributed by atoms with Gasteiger partial charge in [0, 0.05) is 12.2 Å². The van der Waals surface area contributed by atoms with Crippen molar-refractivity contribution in [3.8, 4) is 0 Å². The maximum absolute atomic E-state index is 12.6. The van der Waals surface area contributed by atoms with Crippen molar-refractivity contribution in [2.24, 2.45) is 5.10 Å². The summed E-state index contributed by atoms with van der Waals surface area (Å²) in [6.45, 7) is 1.81. The highest BCUT2D eigenvalue weighted by Gasteiger charge is 2.26. The molecule has 4 rings (SSSR count). The quantitative estimate of drug-likeness (QED) is 0.567. The van der Waals surface area contributed by atoms with Crippen LogP contribution in [0.2, 0.25) is 0 Å². The fraction of sp³-hybridized carbons (Fsp3) is 0.190. The lowest BCUT2D eigenvalue weighted by molar-refractivity contribution is 0.0684. The third-order valence-electron chi connectivity index (χ3n) is 5.15. The van der Waals surface area contributed by atoms with Crippen molar-refractivity contribution in [3.05, 3.63) is 69.9 Å². The van der Waals surface area contributed by atoms with Gasteiger partial charge in [0.25, 0.3) is 5.56 Å². The van der Waals surface area contributed by atoms with Gasteiger partial charge in [0.2, 0.25) is 0 Å². The Bertz CT molecular complexity index is 1280. The highest BCUT2D eigenvalue weighted by molar-refractivity contribution is 6.02. The van der Waals surface area contributed by atoms with Gasteiger partial charge in [0.05, 0.1) is 11.3 Å². The molecule has 30 heavy (non-hydrogen) atoms. The molecule has 1 aromatic heterocycles. The minimum atomic E-state index is -1.33. The number of benzene rings is 2. The first kappa shape index (κ1) is 19.3. The van der Waals surface area contributed by atoms with E-state index in [0.29, 0.717) is 24.2 Å². The maximum atomic E-state index is 12.6. The minimum absolute atomic E-state index is 0.0637. The van der Waals surface area contributed by atoms with Gasteiger partial charge in [0.1, 0.15) is 11.3 Å². The molecule has 0 saturated carbocycles. The number of rotatable bonds is 4. The lowest BCUT2D eigenvalue weighted by atomic mass is 10.0. The molecule has 0 radical (unpaired) electrons. The number of carbonyl (C=O) groups is 2. The van der Waals surface area contributed by atoms with Crippen LogP contribution >= 0.6 is 0 Å². The number of hydrogen-bond acceptors (Lipinski definition) is 6. The number of carboxylic acids is 2. The second-order valence-corrected chi connectivity index (χ2v) is 7.08. The van der Waals surface area contributed by atoms with Crippen molar-refractivity contribution < 1.29 is 19.8 Å². The summed E-state index contributed by atoms with van der Waals surface area (Å²) in [4.78, 5) is 39.7. The Morgan fingerprint density at radius 2 is 1.80 bits per heavy atom. The molecular weight excluding hydrogens is 388 g/mol. The van der Waals surface area contributed by atoms with Crippen molar-refractivity contribution in [3.63, 3.8) is 0 Å². The van der Waals surface area contributed by atoms with Gasteiger partial charge in [-0.15, -0.1) is 0 Å². The molecule has 0 amide bonds. The van der Waals surface area contributed by atoms with Gasteiger partial charge in [-0.3, -0.25) is 14.8 Å². The van der Waals surface area contributed by atoms with E-state index in [1.165, 1.54) is 4.57 Å². The highest BCUT2D eigenvalue weighted by Crippen LogP contribution is 2.26. The number of fused-ring (bicyclic) bond motifs is 2. The zero-order valence-electron chi connectivity index (χ0n) is 16.0. The molecular formula is C21H18N4O5. The number of aromatic carboxylic acids is 2. The molecule has 2 aromatic carbocycles. The monoisotopic (exact) mass is 406 g/mol. The van der Waals surface area contributed by atoms with Crippen LogP contribution in [-0.2, 0) is 0 Å². The molecule has 3 aromatic rings. The predicted octanol–water partition coefficient (Wildman–Crippen LogP) is 2.96. The Hall–Kier alpha value is -4.01. The van der Waals surface area contributed by atoms with Gasteiger partial charge in [-0.2, -0.15) is 5.10 Å². The number of hydrogen-bond donors (Lipinski definition) is 3. The largest absolute Gasteiger partial charge is 0.478 e. The SMILES string of the molecule is CC1CCC(=NNc2cc3ccccc3cc2C(=O)O)c2ncc(C(=O)O)c(=O)n21. The fourth-order valence-corrected chi connectivity index (χ4v) is 3.57. The van der Waals surface area contributed by atoms with E-state index in [9.17, 15) is 24.6 Å². The van der Waals surface area contributed by atoms with E-state index in [2.05, 4.69) is 15.5 Å². The minimum Gasteiger partial charge on any atom is -0.478 e. The van der Waals surface area contributed by atoms with Crippen molar-refractivity contribution >= 4 is 34.1 Å². The summed E-state index contributed by atoms with van der Waals surface area (Å²) in [5, 5.41) is 24.7. The first-order valence-corrected chi connectivity index (χ1v) is 9.30. The summed E-state index contributed by atoms with van der Waals surface area (Å²) < 4.78 is 1.33. The Morgan fingerprint density at radius 3 is 2.47 bits per heavy atom. The number of hydrazone groups is 1. The number of carboxylic acid groups (broad SMARTS) is 2. The van der Waals surface area contributed by atoms with Crippen LogP contribution in [0.15, 0.2) is 52.5 Å². The second-order valence-electron chi connectivity index (χ2n) is 7.08. The molecule has 2 heterocycles. The predicted molar refractivity (Wildman–Crippen MR) is 110 cm³/mol. The van der Waals surface area contributed by atoms with Crippen molar-refractivity contribution in [2.75, 3.05) is 5.43 Å². The van der Waals surface area contributed by atoms with E-state index < -0.39 is 23.1 Å². The molecule has 0 bridgehead atoms. The summed E-state index contributed by atoms with van der Waals surface area (Å²) in [5.41, 5.74) is 2.59. The van der Waals surface area contributed by atoms with E-state index in [1.54, 1.807) is 12.1 Å². The molecule has 1 atom stereocenters. The zero-order chi connectivity index (χ0) is 21.4. The number of nitrogens with one attached hydrogen (secondary N) is 1. The molecule has 152 valence electrons. The first-order chi connectivity index (χ1) is 14.4. The average molecular weight is 406 g/mol. The fourth-order valence-electron chi connectivity index (χ4n) is 3.57. The van der Waals surface area contributed by atoms with Crippen LogP contribution in [0.1, 0.15) is 52.3 Å². The van der Waals surface area contributed by atoms with Crippen molar-refractivity contribution in [1.29, 1.82) is 0 Å². The lowest BCUT2D eigenvalue weighted by Crippen LogP contribution is -2.37. The molecule has 1 aliphatic heterocycles. The number of aromatic nitrogens is 2. The standard InChI is InChI=1S/C21H18N4O5/c1-11-6-7-16(18-22-10-15(21(29)30)19(26)25(11)18)23-24-17-9-13-5-3-2-4-12(13)8-14(17)20(27)28/h2-5,8-11,24H,6-7H2,1H3,(H,27,28)(H,29,30). The van der Waals surface area contributed by atoms with E-state index >= 15 is 0 Å². The van der Waals surface area contributed by atoms with E-state index in [4.69, 9.17) is 0 Å². The Kier molecular flexibility index (Phi) is 4.78. The molecule has 0 spiro atoms. The normalized spacial score (nSPS) is 17.0. The maximum Gasteiger partial charge on any atom is 0.342 e. The van der Waals surface area contributed by atoms with Crippen LogP contribution in [-0.4, -0.2) is 37.4 Å². The number of nitrogens with zero attached hydrogens (tertiary/aromatic N) is 3. The van der Waals surface area contributed by atoms with Gasteiger partial charge >= 0.3 is 11.9 Å². The average Bonchev–Trinajstić information content (AvgIpc) is 2.72. The zero-order valence-corrected chi connectivity index (χ0v) is 16.0. The van der Waals surface area contributed by atoms with Crippen LogP contribution in [0.25, 0.3) is 10.8 Å². The molecule has 0 aliphatic carbocycles. The van der Waals surface area contributed by atoms with E-state index in [-0.39, 0.29) is 17.4 Å². The Balaban J connectivity index is 1.78.